The molecular formula is C10H9O4-. The Labute approximate surface area is 80.7 Å². The molecule has 1 aromatic rings. The van der Waals surface area contributed by atoms with Gasteiger partial charge < -0.3 is 19.7 Å². The minimum absolute atomic E-state index is 0.0720. The van der Waals surface area contributed by atoms with Gasteiger partial charge in [0.2, 0.25) is 0 Å². The molecule has 2 rings (SSSR count). The molecule has 0 bridgehead atoms. The van der Waals surface area contributed by atoms with Crippen molar-refractivity contribution >= 4 is 5.97 Å². The lowest BCUT2D eigenvalue weighted by Crippen LogP contribution is -2.41. The Kier molecular flexibility index (Phi) is 2.04. The van der Waals surface area contributed by atoms with E-state index < -0.39 is 12.1 Å². The first kappa shape index (κ1) is 8.87. The Morgan fingerprint density at radius 3 is 3.07 bits per heavy atom. The molecule has 1 aliphatic rings. The third-order valence-corrected chi connectivity index (χ3v) is 2.26. The molecule has 0 fully saturated rings. The number of benzene rings is 1. The van der Waals surface area contributed by atoms with Crippen molar-refractivity contribution < 1.29 is 19.7 Å². The predicted molar refractivity (Wildman–Crippen MR) is 45.9 cm³/mol. The Bertz CT molecular complexity index is 372. The van der Waals surface area contributed by atoms with Crippen LogP contribution >= 0.6 is 0 Å². The molecular weight excluding hydrogens is 184 g/mol. The molecule has 0 amide bonds. The molecule has 1 N–H and O–H groups in total. The van der Waals surface area contributed by atoms with Crippen molar-refractivity contribution in [2.75, 3.05) is 0 Å². The van der Waals surface area contributed by atoms with Gasteiger partial charge in [-0.1, -0.05) is 6.07 Å². The van der Waals surface area contributed by atoms with E-state index in [1.807, 2.05) is 0 Å². The van der Waals surface area contributed by atoms with Gasteiger partial charge in [0.05, 0.1) is 5.97 Å². The van der Waals surface area contributed by atoms with E-state index in [1.165, 1.54) is 6.07 Å². The highest BCUT2D eigenvalue weighted by Gasteiger charge is 2.20. The van der Waals surface area contributed by atoms with Crippen molar-refractivity contribution in [1.82, 2.24) is 0 Å². The number of phenols is 1. The van der Waals surface area contributed by atoms with E-state index in [9.17, 15) is 15.0 Å². The zero-order valence-electron chi connectivity index (χ0n) is 7.40. The van der Waals surface area contributed by atoms with Gasteiger partial charge in [-0.2, -0.15) is 0 Å². The van der Waals surface area contributed by atoms with Crippen LogP contribution in [-0.2, 0) is 11.2 Å². The van der Waals surface area contributed by atoms with Gasteiger partial charge in [-0.15, -0.1) is 0 Å². The Hall–Kier alpha value is -1.71. The largest absolute Gasteiger partial charge is 0.546 e. The topological polar surface area (TPSA) is 69.6 Å². The van der Waals surface area contributed by atoms with Crippen molar-refractivity contribution in [2.45, 2.75) is 18.9 Å². The summed E-state index contributed by atoms with van der Waals surface area (Å²) in [6.07, 6.45) is 0.151. The summed E-state index contributed by atoms with van der Waals surface area (Å²) in [6, 6.07) is 4.71. The molecule has 1 atom stereocenters. The molecule has 0 aromatic heterocycles. The van der Waals surface area contributed by atoms with Crippen LogP contribution in [0.15, 0.2) is 18.2 Å². The van der Waals surface area contributed by atoms with Crippen LogP contribution < -0.4 is 9.84 Å². The lowest BCUT2D eigenvalue weighted by Gasteiger charge is -2.26. The van der Waals surface area contributed by atoms with Crippen molar-refractivity contribution in [3.63, 3.8) is 0 Å². The van der Waals surface area contributed by atoms with Gasteiger partial charge in [0.15, 0.2) is 0 Å². The number of carboxylic acids is 1. The lowest BCUT2D eigenvalue weighted by atomic mass is 10.0. The third kappa shape index (κ3) is 1.51. The Morgan fingerprint density at radius 2 is 2.36 bits per heavy atom. The molecule has 0 saturated heterocycles. The Balaban J connectivity index is 2.29. The van der Waals surface area contributed by atoms with E-state index in [-0.39, 0.29) is 5.75 Å². The fourth-order valence-electron chi connectivity index (χ4n) is 1.52. The van der Waals surface area contributed by atoms with Crippen LogP contribution in [0, 0.1) is 0 Å². The molecule has 4 nitrogen and oxygen atoms in total. The summed E-state index contributed by atoms with van der Waals surface area (Å²) in [6.45, 7) is 0. The third-order valence-electron chi connectivity index (χ3n) is 2.26. The number of aryl methyl sites for hydroxylation is 1. The van der Waals surface area contributed by atoms with Crippen molar-refractivity contribution in [3.05, 3.63) is 23.8 Å². The number of fused-ring (bicyclic) bond motifs is 1. The summed E-state index contributed by atoms with van der Waals surface area (Å²) < 4.78 is 5.15. The summed E-state index contributed by atoms with van der Waals surface area (Å²) in [5.74, 6) is -0.702. The van der Waals surface area contributed by atoms with Gasteiger partial charge in [0.25, 0.3) is 0 Å². The standard InChI is InChI=1S/C10H10O4/c11-7-3-1-6-2-4-8(10(12)13)14-9(6)5-7/h1,3,5,8,11H,2,4H2,(H,12,13)/p-1. The number of hydrogen-bond donors (Lipinski definition) is 1. The molecule has 1 aromatic carbocycles. The highest BCUT2D eigenvalue weighted by Crippen LogP contribution is 2.30. The van der Waals surface area contributed by atoms with Gasteiger partial charge in [-0.3, -0.25) is 0 Å². The zero-order valence-corrected chi connectivity index (χ0v) is 7.40. The molecule has 0 aliphatic carbocycles. The summed E-state index contributed by atoms with van der Waals surface area (Å²) in [7, 11) is 0. The monoisotopic (exact) mass is 193 g/mol. The first-order valence-electron chi connectivity index (χ1n) is 4.36. The second-order valence-electron chi connectivity index (χ2n) is 3.26. The molecule has 14 heavy (non-hydrogen) atoms. The normalized spacial score (nSPS) is 19.6. The van der Waals surface area contributed by atoms with Crippen molar-refractivity contribution in [3.8, 4) is 11.5 Å². The van der Waals surface area contributed by atoms with E-state index >= 15 is 0 Å². The summed E-state index contributed by atoms with van der Waals surface area (Å²) in [5.41, 5.74) is 0.917. The molecule has 1 unspecified atom stereocenters. The Morgan fingerprint density at radius 1 is 1.57 bits per heavy atom. The van der Waals surface area contributed by atoms with Crippen LogP contribution in [0.25, 0.3) is 0 Å². The summed E-state index contributed by atoms with van der Waals surface area (Å²) >= 11 is 0. The number of carbonyl (C=O) groups is 1. The van der Waals surface area contributed by atoms with Crippen LogP contribution in [0.4, 0.5) is 0 Å². The second kappa shape index (κ2) is 3.21. The van der Waals surface area contributed by atoms with Gasteiger partial charge in [-0.05, 0) is 24.5 Å². The summed E-state index contributed by atoms with van der Waals surface area (Å²) in [4.78, 5) is 10.6. The number of phenolic OH excluding ortho intramolecular Hbond substituents is 1. The van der Waals surface area contributed by atoms with Crippen molar-refractivity contribution in [2.24, 2.45) is 0 Å². The van der Waals surface area contributed by atoms with E-state index in [0.29, 0.717) is 18.6 Å². The van der Waals surface area contributed by atoms with Gasteiger partial charge in [-0.25, -0.2) is 0 Å². The molecule has 1 heterocycles. The number of carbonyl (C=O) groups excluding carboxylic acids is 1. The van der Waals surface area contributed by atoms with Gasteiger partial charge in [0.1, 0.15) is 17.6 Å². The SMILES string of the molecule is O=C([O-])C1CCc2ccc(O)cc2O1. The fraction of sp³-hybridized carbons (Fsp3) is 0.300. The molecule has 0 spiro atoms. The molecule has 74 valence electrons. The van der Waals surface area contributed by atoms with Crippen LogP contribution in [-0.4, -0.2) is 17.2 Å². The molecule has 0 saturated carbocycles. The average molecular weight is 193 g/mol. The second-order valence-corrected chi connectivity index (χ2v) is 3.26. The molecule has 1 aliphatic heterocycles. The number of rotatable bonds is 1. The maximum atomic E-state index is 10.6. The number of aromatic hydroxyl groups is 1. The molecule has 4 heteroatoms. The fourth-order valence-corrected chi connectivity index (χ4v) is 1.52. The first-order chi connectivity index (χ1) is 6.66. The smallest absolute Gasteiger partial charge is 0.138 e. The zero-order chi connectivity index (χ0) is 10.1. The van der Waals surface area contributed by atoms with Gasteiger partial charge >= 0.3 is 0 Å². The highest BCUT2D eigenvalue weighted by atomic mass is 16.5. The van der Waals surface area contributed by atoms with Crippen molar-refractivity contribution in [1.29, 1.82) is 0 Å². The number of aliphatic carboxylic acids is 1. The lowest BCUT2D eigenvalue weighted by molar-refractivity contribution is -0.314. The highest BCUT2D eigenvalue weighted by molar-refractivity contribution is 5.71. The molecule has 0 radical (unpaired) electrons. The minimum Gasteiger partial charge on any atom is -0.546 e. The maximum Gasteiger partial charge on any atom is 0.138 e. The minimum atomic E-state index is -1.21. The quantitative estimate of drug-likeness (QED) is 0.672. The van der Waals surface area contributed by atoms with E-state index in [0.717, 1.165) is 5.56 Å². The maximum absolute atomic E-state index is 10.6. The predicted octanol–water partition coefficient (Wildman–Crippen LogP) is -0.164. The van der Waals surface area contributed by atoms with E-state index in [2.05, 4.69) is 0 Å². The number of carboxylic acid groups (broad SMARTS) is 1. The van der Waals surface area contributed by atoms with Crippen LogP contribution in [0.5, 0.6) is 11.5 Å². The summed E-state index contributed by atoms with van der Waals surface area (Å²) in [5, 5.41) is 19.7. The van der Waals surface area contributed by atoms with Gasteiger partial charge in [0, 0.05) is 6.07 Å². The van der Waals surface area contributed by atoms with Crippen LogP contribution in [0.1, 0.15) is 12.0 Å². The first-order valence-corrected chi connectivity index (χ1v) is 4.36. The number of hydrogen-bond acceptors (Lipinski definition) is 4. The van der Waals surface area contributed by atoms with E-state index in [1.54, 1.807) is 12.1 Å². The average Bonchev–Trinajstić information content (AvgIpc) is 2.16. The van der Waals surface area contributed by atoms with Crippen LogP contribution in [0.2, 0.25) is 0 Å². The van der Waals surface area contributed by atoms with E-state index in [4.69, 9.17) is 4.74 Å². The van der Waals surface area contributed by atoms with Crippen LogP contribution in [0.3, 0.4) is 0 Å². The number of ether oxygens (including phenoxy) is 1.